The minimum Gasteiger partial charge on any atom is -0.460 e. The Morgan fingerprint density at radius 2 is 2.00 bits per heavy atom. The summed E-state index contributed by atoms with van der Waals surface area (Å²) in [6.07, 6.45) is 0. The molecule has 0 radical (unpaired) electrons. The third-order valence-corrected chi connectivity index (χ3v) is 3.09. The predicted octanol–water partition coefficient (Wildman–Crippen LogP) is 3.27. The molecule has 0 aliphatic carbocycles. The number of benzene rings is 1. The summed E-state index contributed by atoms with van der Waals surface area (Å²) < 4.78 is 6.93. The Bertz CT molecular complexity index is 450. The Kier molecular flexibility index (Phi) is 3.43. The summed E-state index contributed by atoms with van der Waals surface area (Å²) in [6, 6.07) is 12.2. The van der Waals surface area contributed by atoms with Gasteiger partial charge in [0, 0.05) is 9.13 Å². The van der Waals surface area contributed by atoms with Crippen LogP contribution in [0.15, 0.2) is 40.8 Å². The minimum atomic E-state index is 0.767. The molecule has 0 atom stereocenters. The van der Waals surface area contributed by atoms with Crippen LogP contribution in [0.5, 0.6) is 0 Å². The molecular weight excluding hydrogens is 301 g/mol. The van der Waals surface area contributed by atoms with Crippen LogP contribution in [-0.4, -0.2) is 7.05 Å². The summed E-state index contributed by atoms with van der Waals surface area (Å²) in [4.78, 5) is 0. The summed E-state index contributed by atoms with van der Waals surface area (Å²) in [7, 11) is 1.91. The van der Waals surface area contributed by atoms with Crippen molar-refractivity contribution in [2.75, 3.05) is 7.05 Å². The van der Waals surface area contributed by atoms with Crippen LogP contribution >= 0.6 is 22.6 Å². The van der Waals surface area contributed by atoms with Gasteiger partial charge in [-0.15, -0.1) is 0 Å². The van der Waals surface area contributed by atoms with E-state index in [-0.39, 0.29) is 0 Å². The zero-order valence-electron chi connectivity index (χ0n) is 8.46. The van der Waals surface area contributed by atoms with E-state index >= 15 is 0 Å². The Morgan fingerprint density at radius 1 is 1.20 bits per heavy atom. The van der Waals surface area contributed by atoms with Gasteiger partial charge in [0.2, 0.25) is 0 Å². The normalized spacial score (nSPS) is 10.5. The first-order chi connectivity index (χ1) is 7.31. The molecule has 15 heavy (non-hydrogen) atoms. The molecule has 78 valence electrons. The molecule has 0 amide bonds. The van der Waals surface area contributed by atoms with Crippen LogP contribution in [0.1, 0.15) is 5.76 Å². The van der Waals surface area contributed by atoms with Crippen LogP contribution in [0.2, 0.25) is 0 Å². The first kappa shape index (κ1) is 10.7. The number of hydrogen-bond acceptors (Lipinski definition) is 2. The van der Waals surface area contributed by atoms with E-state index in [1.807, 2.05) is 31.3 Å². The fourth-order valence-electron chi connectivity index (χ4n) is 1.45. The Hall–Kier alpha value is -0.810. The van der Waals surface area contributed by atoms with Gasteiger partial charge in [0.1, 0.15) is 11.5 Å². The zero-order valence-corrected chi connectivity index (χ0v) is 10.6. The molecule has 2 rings (SSSR count). The van der Waals surface area contributed by atoms with E-state index in [9.17, 15) is 0 Å². The van der Waals surface area contributed by atoms with E-state index in [0.717, 1.165) is 23.6 Å². The lowest BCUT2D eigenvalue weighted by atomic mass is 10.2. The lowest BCUT2D eigenvalue weighted by Gasteiger charge is -2.00. The molecule has 1 heterocycles. The van der Waals surface area contributed by atoms with Crippen molar-refractivity contribution in [2.24, 2.45) is 0 Å². The van der Waals surface area contributed by atoms with E-state index in [1.165, 1.54) is 3.57 Å². The zero-order chi connectivity index (χ0) is 10.7. The smallest absolute Gasteiger partial charge is 0.135 e. The predicted molar refractivity (Wildman–Crippen MR) is 69.6 cm³/mol. The van der Waals surface area contributed by atoms with Gasteiger partial charge in [-0.2, -0.15) is 0 Å². The number of hydrogen-bond donors (Lipinski definition) is 1. The van der Waals surface area contributed by atoms with Gasteiger partial charge in [-0.1, -0.05) is 18.2 Å². The van der Waals surface area contributed by atoms with E-state index in [4.69, 9.17) is 4.42 Å². The minimum absolute atomic E-state index is 0.767. The van der Waals surface area contributed by atoms with Crippen LogP contribution < -0.4 is 5.32 Å². The maximum Gasteiger partial charge on any atom is 0.135 e. The van der Waals surface area contributed by atoms with Crippen LogP contribution in [0, 0.1) is 3.57 Å². The van der Waals surface area contributed by atoms with Gasteiger partial charge in [0.25, 0.3) is 0 Å². The highest BCUT2D eigenvalue weighted by atomic mass is 127. The van der Waals surface area contributed by atoms with E-state index < -0.39 is 0 Å². The second kappa shape index (κ2) is 4.81. The van der Waals surface area contributed by atoms with Crippen molar-refractivity contribution < 1.29 is 4.42 Å². The fraction of sp³-hybridized carbons (Fsp3) is 0.167. The summed E-state index contributed by atoms with van der Waals surface area (Å²) in [6.45, 7) is 0.767. The largest absolute Gasteiger partial charge is 0.460 e. The maximum absolute atomic E-state index is 5.72. The Labute approximate surface area is 103 Å². The molecule has 1 N–H and O–H groups in total. The topological polar surface area (TPSA) is 25.2 Å². The number of nitrogens with one attached hydrogen (secondary N) is 1. The molecule has 0 bridgehead atoms. The monoisotopic (exact) mass is 313 g/mol. The average molecular weight is 313 g/mol. The summed E-state index contributed by atoms with van der Waals surface area (Å²) in [5.41, 5.74) is 1.15. The van der Waals surface area contributed by atoms with Gasteiger partial charge in [-0.05, 0) is 47.8 Å². The average Bonchev–Trinajstić information content (AvgIpc) is 2.68. The summed E-state index contributed by atoms with van der Waals surface area (Å²) in [5.74, 6) is 1.90. The van der Waals surface area contributed by atoms with Gasteiger partial charge in [0.05, 0.1) is 6.54 Å². The molecular formula is C12H12INO. The molecule has 0 aliphatic rings. The molecule has 0 saturated carbocycles. The number of furan rings is 1. The second-order valence-electron chi connectivity index (χ2n) is 3.28. The Morgan fingerprint density at radius 3 is 2.73 bits per heavy atom. The highest BCUT2D eigenvalue weighted by Gasteiger charge is 2.06. The highest BCUT2D eigenvalue weighted by molar-refractivity contribution is 14.1. The second-order valence-corrected chi connectivity index (χ2v) is 4.44. The van der Waals surface area contributed by atoms with Crippen LogP contribution in [0.3, 0.4) is 0 Å². The van der Waals surface area contributed by atoms with Crippen molar-refractivity contribution in [1.82, 2.24) is 5.32 Å². The first-order valence-corrected chi connectivity index (χ1v) is 5.87. The van der Waals surface area contributed by atoms with E-state index in [2.05, 4.69) is 40.0 Å². The van der Waals surface area contributed by atoms with Crippen LogP contribution in [-0.2, 0) is 6.54 Å². The molecule has 1 aromatic heterocycles. The van der Waals surface area contributed by atoms with Crippen molar-refractivity contribution in [3.05, 3.63) is 45.7 Å². The van der Waals surface area contributed by atoms with Gasteiger partial charge in [0.15, 0.2) is 0 Å². The SMILES string of the molecule is CNCc1ccc(-c2ccccc2I)o1. The molecule has 0 unspecified atom stereocenters. The molecule has 1 aromatic carbocycles. The fourth-order valence-corrected chi connectivity index (χ4v) is 2.11. The van der Waals surface area contributed by atoms with Gasteiger partial charge in [-0.3, -0.25) is 0 Å². The van der Waals surface area contributed by atoms with Crippen LogP contribution in [0.25, 0.3) is 11.3 Å². The first-order valence-electron chi connectivity index (χ1n) is 4.79. The lowest BCUT2D eigenvalue weighted by molar-refractivity contribution is 0.507. The molecule has 3 heteroatoms. The Balaban J connectivity index is 2.33. The lowest BCUT2D eigenvalue weighted by Crippen LogP contribution is -2.03. The quantitative estimate of drug-likeness (QED) is 0.880. The summed E-state index contributed by atoms with van der Waals surface area (Å²) >= 11 is 2.32. The molecule has 2 nitrogen and oxygen atoms in total. The molecule has 0 fully saturated rings. The van der Waals surface area contributed by atoms with Crippen molar-refractivity contribution >= 4 is 22.6 Å². The van der Waals surface area contributed by atoms with E-state index in [1.54, 1.807) is 0 Å². The third kappa shape index (κ3) is 2.41. The van der Waals surface area contributed by atoms with Crippen LogP contribution in [0.4, 0.5) is 0 Å². The maximum atomic E-state index is 5.72. The highest BCUT2D eigenvalue weighted by Crippen LogP contribution is 2.26. The van der Waals surface area contributed by atoms with Gasteiger partial charge >= 0.3 is 0 Å². The standard InChI is InChI=1S/C12H12INO/c1-14-8-9-6-7-12(15-9)10-4-2-3-5-11(10)13/h2-7,14H,8H2,1H3. The molecule has 2 aromatic rings. The van der Waals surface area contributed by atoms with Gasteiger partial charge in [-0.25, -0.2) is 0 Å². The molecule has 0 saturated heterocycles. The third-order valence-electron chi connectivity index (χ3n) is 2.15. The number of rotatable bonds is 3. The van der Waals surface area contributed by atoms with E-state index in [0.29, 0.717) is 0 Å². The van der Waals surface area contributed by atoms with Crippen molar-refractivity contribution in [3.8, 4) is 11.3 Å². The van der Waals surface area contributed by atoms with Gasteiger partial charge < -0.3 is 9.73 Å². The van der Waals surface area contributed by atoms with Crippen molar-refractivity contribution in [3.63, 3.8) is 0 Å². The molecule has 0 spiro atoms. The van der Waals surface area contributed by atoms with Crippen molar-refractivity contribution in [2.45, 2.75) is 6.54 Å². The summed E-state index contributed by atoms with van der Waals surface area (Å²) in [5, 5.41) is 3.07. The van der Waals surface area contributed by atoms with Crippen molar-refractivity contribution in [1.29, 1.82) is 0 Å². The molecule has 0 aliphatic heterocycles. The number of halogens is 1.